The summed E-state index contributed by atoms with van der Waals surface area (Å²) in [7, 11) is 4.91. The van der Waals surface area contributed by atoms with Crippen LogP contribution in [0.2, 0.25) is 0 Å². The number of methoxy groups -OCH3 is 2. The van der Waals surface area contributed by atoms with E-state index in [4.69, 9.17) is 9.47 Å². The van der Waals surface area contributed by atoms with Gasteiger partial charge in [0.2, 0.25) is 5.88 Å². The maximum absolute atomic E-state index is 13.5. The minimum Gasteiger partial charge on any atom is -0.496 e. The van der Waals surface area contributed by atoms with Crippen LogP contribution in [0.15, 0.2) is 36.5 Å². The van der Waals surface area contributed by atoms with Gasteiger partial charge in [-0.25, -0.2) is 9.37 Å². The van der Waals surface area contributed by atoms with Crippen LogP contribution in [-0.4, -0.2) is 26.3 Å². The number of halogens is 1. The van der Waals surface area contributed by atoms with Gasteiger partial charge >= 0.3 is 0 Å². The number of hydrogen-bond donors (Lipinski definition) is 1. The molecule has 106 valence electrons. The Morgan fingerprint density at radius 2 is 1.95 bits per heavy atom. The summed E-state index contributed by atoms with van der Waals surface area (Å²) in [4.78, 5) is 4.17. The van der Waals surface area contributed by atoms with Gasteiger partial charge in [-0.1, -0.05) is 6.07 Å². The Morgan fingerprint density at radius 1 is 1.15 bits per heavy atom. The van der Waals surface area contributed by atoms with Crippen LogP contribution in [0, 0.1) is 5.82 Å². The molecular weight excluding hydrogens is 259 g/mol. The van der Waals surface area contributed by atoms with Crippen molar-refractivity contribution in [2.24, 2.45) is 0 Å². The topological polar surface area (TPSA) is 43.4 Å². The average Bonchev–Trinajstić information content (AvgIpc) is 2.49. The third-order valence-corrected chi connectivity index (χ3v) is 3.10. The van der Waals surface area contributed by atoms with E-state index < -0.39 is 0 Å². The van der Waals surface area contributed by atoms with Crippen LogP contribution in [0.25, 0.3) is 0 Å². The van der Waals surface area contributed by atoms with E-state index in [0.29, 0.717) is 17.2 Å². The lowest BCUT2D eigenvalue weighted by molar-refractivity contribution is 0.383. The first-order chi connectivity index (χ1) is 9.71. The number of nitrogens with one attached hydrogen (secondary N) is 1. The maximum Gasteiger partial charge on any atom is 0.218 e. The Labute approximate surface area is 117 Å². The lowest BCUT2D eigenvalue weighted by atomic mass is 9.98. The third kappa shape index (κ3) is 2.72. The van der Waals surface area contributed by atoms with Crippen LogP contribution in [0.4, 0.5) is 4.39 Å². The van der Waals surface area contributed by atoms with Gasteiger partial charge in [0.15, 0.2) is 0 Å². The fourth-order valence-electron chi connectivity index (χ4n) is 2.20. The highest BCUT2D eigenvalue weighted by Gasteiger charge is 2.21. The van der Waals surface area contributed by atoms with Crippen molar-refractivity contribution in [3.63, 3.8) is 0 Å². The zero-order chi connectivity index (χ0) is 14.5. The van der Waals surface area contributed by atoms with Crippen molar-refractivity contribution in [2.45, 2.75) is 6.04 Å². The predicted octanol–water partition coefficient (Wildman–Crippen LogP) is 2.55. The highest BCUT2D eigenvalue weighted by Crippen LogP contribution is 2.33. The second-order valence-electron chi connectivity index (χ2n) is 4.21. The van der Waals surface area contributed by atoms with Crippen LogP contribution in [0.1, 0.15) is 17.2 Å². The first-order valence-corrected chi connectivity index (χ1v) is 6.20. The Morgan fingerprint density at radius 3 is 2.60 bits per heavy atom. The Kier molecular flexibility index (Phi) is 4.53. The molecule has 1 unspecified atom stereocenters. The van der Waals surface area contributed by atoms with Gasteiger partial charge in [0.1, 0.15) is 11.6 Å². The second kappa shape index (κ2) is 6.34. The third-order valence-electron chi connectivity index (χ3n) is 3.10. The largest absolute Gasteiger partial charge is 0.496 e. The van der Waals surface area contributed by atoms with E-state index in [9.17, 15) is 4.39 Å². The summed E-state index contributed by atoms with van der Waals surface area (Å²) in [5, 5.41) is 3.14. The lowest BCUT2D eigenvalue weighted by Gasteiger charge is -2.21. The van der Waals surface area contributed by atoms with Crippen LogP contribution in [0.3, 0.4) is 0 Å². The highest BCUT2D eigenvalue weighted by atomic mass is 19.1. The molecule has 2 aromatic rings. The molecule has 0 saturated heterocycles. The summed E-state index contributed by atoms with van der Waals surface area (Å²) >= 11 is 0. The van der Waals surface area contributed by atoms with Crippen LogP contribution < -0.4 is 14.8 Å². The minimum absolute atomic E-state index is 0.274. The van der Waals surface area contributed by atoms with Crippen molar-refractivity contribution in [1.29, 1.82) is 0 Å². The first-order valence-electron chi connectivity index (χ1n) is 6.20. The Balaban J connectivity index is 2.55. The Hall–Kier alpha value is -2.14. The van der Waals surface area contributed by atoms with Gasteiger partial charge in [0.25, 0.3) is 0 Å². The predicted molar refractivity (Wildman–Crippen MR) is 74.6 cm³/mol. The highest BCUT2D eigenvalue weighted by molar-refractivity contribution is 5.44. The van der Waals surface area contributed by atoms with Gasteiger partial charge in [0.05, 0.1) is 20.3 Å². The molecule has 0 amide bonds. The number of ether oxygens (including phenoxy) is 2. The van der Waals surface area contributed by atoms with Gasteiger partial charge < -0.3 is 14.8 Å². The molecule has 1 N–H and O–H groups in total. The Bertz CT molecular complexity index is 590. The molecular formula is C15H17FN2O2. The van der Waals surface area contributed by atoms with Crippen LogP contribution in [-0.2, 0) is 0 Å². The van der Waals surface area contributed by atoms with Crippen molar-refractivity contribution in [2.75, 3.05) is 21.3 Å². The molecule has 4 nitrogen and oxygen atoms in total. The van der Waals surface area contributed by atoms with Gasteiger partial charge in [-0.15, -0.1) is 0 Å². The quantitative estimate of drug-likeness (QED) is 0.911. The SMILES string of the molecule is CNC(c1cc(F)ccc1OC)c1cccnc1OC. The van der Waals surface area contributed by atoms with E-state index >= 15 is 0 Å². The molecule has 0 aliphatic heterocycles. The van der Waals surface area contributed by atoms with Crippen LogP contribution in [0.5, 0.6) is 11.6 Å². The smallest absolute Gasteiger partial charge is 0.218 e. The summed E-state index contributed by atoms with van der Waals surface area (Å²) < 4.78 is 24.1. The molecule has 0 spiro atoms. The number of pyridine rings is 1. The maximum atomic E-state index is 13.5. The summed E-state index contributed by atoms with van der Waals surface area (Å²) in [5.41, 5.74) is 1.52. The molecule has 1 heterocycles. The molecule has 0 aliphatic rings. The summed E-state index contributed by atoms with van der Waals surface area (Å²) in [6.07, 6.45) is 1.65. The number of benzene rings is 1. The number of hydrogen-bond acceptors (Lipinski definition) is 4. The van der Waals surface area contributed by atoms with E-state index in [0.717, 1.165) is 5.56 Å². The molecule has 0 aliphatic carbocycles. The summed E-state index contributed by atoms with van der Waals surface area (Å²) in [6, 6.07) is 7.86. The molecule has 2 rings (SSSR count). The number of rotatable bonds is 5. The number of aromatic nitrogens is 1. The first kappa shape index (κ1) is 14.3. The standard InChI is InChI=1S/C15H17FN2O2/c1-17-14(11-5-4-8-18-15(11)20-3)12-9-10(16)6-7-13(12)19-2/h4-9,14,17H,1-3H3. The summed E-state index contributed by atoms with van der Waals surface area (Å²) in [5.74, 6) is 0.790. The van der Waals surface area contributed by atoms with Gasteiger partial charge in [0, 0.05) is 17.3 Å². The molecule has 20 heavy (non-hydrogen) atoms. The molecule has 5 heteroatoms. The molecule has 1 aromatic carbocycles. The molecule has 0 radical (unpaired) electrons. The minimum atomic E-state index is -0.316. The molecule has 0 saturated carbocycles. The molecule has 0 fully saturated rings. The molecule has 1 aromatic heterocycles. The molecule has 1 atom stereocenters. The van der Waals surface area contributed by atoms with E-state index in [-0.39, 0.29) is 11.9 Å². The molecule has 0 bridgehead atoms. The van der Waals surface area contributed by atoms with Crippen molar-refractivity contribution in [3.8, 4) is 11.6 Å². The van der Waals surface area contributed by atoms with Crippen molar-refractivity contribution in [1.82, 2.24) is 10.3 Å². The average molecular weight is 276 g/mol. The van der Waals surface area contributed by atoms with Gasteiger partial charge in [-0.2, -0.15) is 0 Å². The van der Waals surface area contributed by atoms with Gasteiger partial charge in [-0.05, 0) is 31.3 Å². The van der Waals surface area contributed by atoms with E-state index in [1.54, 1.807) is 33.5 Å². The van der Waals surface area contributed by atoms with Crippen molar-refractivity contribution in [3.05, 3.63) is 53.5 Å². The van der Waals surface area contributed by atoms with Gasteiger partial charge in [-0.3, -0.25) is 0 Å². The lowest BCUT2D eigenvalue weighted by Crippen LogP contribution is -2.19. The summed E-state index contributed by atoms with van der Waals surface area (Å²) in [6.45, 7) is 0. The number of nitrogens with zero attached hydrogens (tertiary/aromatic N) is 1. The zero-order valence-corrected chi connectivity index (χ0v) is 11.7. The fraction of sp³-hybridized carbons (Fsp3) is 0.267. The second-order valence-corrected chi connectivity index (χ2v) is 4.21. The van der Waals surface area contributed by atoms with Crippen molar-refractivity contribution < 1.29 is 13.9 Å². The normalized spacial score (nSPS) is 12.0. The fourth-order valence-corrected chi connectivity index (χ4v) is 2.20. The van der Waals surface area contributed by atoms with E-state index in [1.165, 1.54) is 12.1 Å². The van der Waals surface area contributed by atoms with E-state index in [1.807, 2.05) is 12.1 Å². The van der Waals surface area contributed by atoms with Crippen LogP contribution >= 0.6 is 0 Å². The zero-order valence-electron chi connectivity index (χ0n) is 11.7. The van der Waals surface area contributed by atoms with E-state index in [2.05, 4.69) is 10.3 Å². The van der Waals surface area contributed by atoms with Crippen molar-refractivity contribution >= 4 is 0 Å². The monoisotopic (exact) mass is 276 g/mol.